The Morgan fingerprint density at radius 3 is 2.47 bits per heavy atom. The van der Waals surface area contributed by atoms with Gasteiger partial charge in [0, 0.05) is 13.1 Å². The molecule has 0 spiro atoms. The second-order valence-corrected chi connectivity index (χ2v) is 6.76. The molecule has 5 heteroatoms. The highest BCUT2D eigenvalue weighted by atomic mass is 16.4. The lowest BCUT2D eigenvalue weighted by Gasteiger charge is -2.41. The molecule has 108 valence electrons. The lowest BCUT2D eigenvalue weighted by atomic mass is 9.89. The Bertz CT molecular complexity index is 394. The van der Waals surface area contributed by atoms with E-state index in [0.29, 0.717) is 30.8 Å². The van der Waals surface area contributed by atoms with Gasteiger partial charge >= 0.3 is 12.0 Å². The summed E-state index contributed by atoms with van der Waals surface area (Å²) in [7, 11) is 0. The fraction of sp³-hybridized carbons (Fsp3) is 0.857. The highest BCUT2D eigenvalue weighted by molar-refractivity contribution is 5.86. The molecule has 0 aromatic rings. The molecule has 1 saturated carbocycles. The van der Waals surface area contributed by atoms with Gasteiger partial charge in [0.2, 0.25) is 0 Å². The van der Waals surface area contributed by atoms with Crippen LogP contribution in [0.3, 0.4) is 0 Å². The number of rotatable bonds is 3. The van der Waals surface area contributed by atoms with E-state index in [0.717, 1.165) is 19.3 Å². The largest absolute Gasteiger partial charge is 0.480 e. The first-order valence-electron chi connectivity index (χ1n) is 7.06. The first-order chi connectivity index (χ1) is 8.77. The number of hydrogen-bond acceptors (Lipinski definition) is 2. The topological polar surface area (TPSA) is 69.6 Å². The monoisotopic (exact) mass is 268 g/mol. The standard InChI is InChI=1S/C14H24N2O3/c1-13(2)8-10(13)9-15-12(19)16-7-5-4-6-14(16,3)11(17)18/h10H,4-9H2,1-3H3,(H,15,19)(H,17,18). The van der Waals surface area contributed by atoms with Gasteiger partial charge in [-0.25, -0.2) is 9.59 Å². The molecule has 2 rings (SSSR count). The molecule has 19 heavy (non-hydrogen) atoms. The molecular formula is C14H24N2O3. The number of likely N-dealkylation sites (tertiary alicyclic amines) is 1. The van der Waals surface area contributed by atoms with Gasteiger partial charge in [0.1, 0.15) is 5.54 Å². The van der Waals surface area contributed by atoms with E-state index < -0.39 is 11.5 Å². The summed E-state index contributed by atoms with van der Waals surface area (Å²) in [6.07, 6.45) is 3.40. The van der Waals surface area contributed by atoms with Crippen LogP contribution in [0.1, 0.15) is 46.5 Å². The molecule has 2 aliphatic rings. The van der Waals surface area contributed by atoms with E-state index in [-0.39, 0.29) is 6.03 Å². The first-order valence-corrected chi connectivity index (χ1v) is 7.06. The molecule has 1 aliphatic carbocycles. The molecule has 2 N–H and O–H groups in total. The quantitative estimate of drug-likeness (QED) is 0.823. The highest BCUT2D eigenvalue weighted by Gasteiger charge is 2.47. The molecule has 2 unspecified atom stereocenters. The van der Waals surface area contributed by atoms with Crippen molar-refractivity contribution in [2.75, 3.05) is 13.1 Å². The SMILES string of the molecule is CC1(C)CC1CNC(=O)N1CCCCC1(C)C(=O)O. The van der Waals surface area contributed by atoms with Crippen molar-refractivity contribution in [2.24, 2.45) is 11.3 Å². The highest BCUT2D eigenvalue weighted by Crippen LogP contribution is 2.51. The fourth-order valence-corrected chi connectivity index (χ4v) is 2.90. The van der Waals surface area contributed by atoms with E-state index in [9.17, 15) is 14.7 Å². The molecule has 1 aliphatic heterocycles. The number of carbonyl (C=O) groups excluding carboxylic acids is 1. The van der Waals surface area contributed by atoms with Crippen LogP contribution >= 0.6 is 0 Å². The van der Waals surface area contributed by atoms with E-state index in [2.05, 4.69) is 19.2 Å². The summed E-state index contributed by atoms with van der Waals surface area (Å²) in [6.45, 7) is 7.20. The zero-order valence-corrected chi connectivity index (χ0v) is 12.0. The van der Waals surface area contributed by atoms with Gasteiger partial charge in [-0.2, -0.15) is 0 Å². The third-order valence-corrected chi connectivity index (χ3v) is 4.81. The van der Waals surface area contributed by atoms with Gasteiger partial charge in [0.25, 0.3) is 0 Å². The molecule has 1 saturated heterocycles. The number of aliphatic carboxylic acids is 1. The molecule has 0 aromatic carbocycles. The van der Waals surface area contributed by atoms with Crippen LogP contribution in [0.25, 0.3) is 0 Å². The number of hydrogen-bond donors (Lipinski definition) is 2. The predicted molar refractivity (Wildman–Crippen MR) is 71.9 cm³/mol. The maximum absolute atomic E-state index is 12.2. The number of carboxylic acids is 1. The number of carboxylic acid groups (broad SMARTS) is 1. The van der Waals surface area contributed by atoms with Crippen molar-refractivity contribution in [3.8, 4) is 0 Å². The smallest absolute Gasteiger partial charge is 0.329 e. The second kappa shape index (κ2) is 4.69. The van der Waals surface area contributed by atoms with Crippen LogP contribution in [-0.2, 0) is 4.79 Å². The predicted octanol–water partition coefficient (Wildman–Crippen LogP) is 2.07. The van der Waals surface area contributed by atoms with Crippen molar-refractivity contribution in [1.82, 2.24) is 10.2 Å². The number of carbonyl (C=O) groups is 2. The van der Waals surface area contributed by atoms with Crippen LogP contribution in [0, 0.1) is 11.3 Å². The lowest BCUT2D eigenvalue weighted by Crippen LogP contribution is -2.60. The van der Waals surface area contributed by atoms with Crippen molar-refractivity contribution < 1.29 is 14.7 Å². The molecule has 2 atom stereocenters. The number of nitrogens with one attached hydrogen (secondary N) is 1. The van der Waals surface area contributed by atoms with Crippen LogP contribution in [0.5, 0.6) is 0 Å². The van der Waals surface area contributed by atoms with Gasteiger partial charge in [0.15, 0.2) is 0 Å². The number of nitrogens with zero attached hydrogens (tertiary/aromatic N) is 1. The molecule has 2 fully saturated rings. The third kappa shape index (κ3) is 2.69. The maximum atomic E-state index is 12.2. The third-order valence-electron chi connectivity index (χ3n) is 4.81. The summed E-state index contributed by atoms with van der Waals surface area (Å²) in [5.74, 6) is -0.383. The average molecular weight is 268 g/mol. The first kappa shape index (κ1) is 14.2. The van der Waals surface area contributed by atoms with E-state index in [1.807, 2.05) is 0 Å². The van der Waals surface area contributed by atoms with Gasteiger partial charge in [-0.3, -0.25) is 0 Å². The van der Waals surface area contributed by atoms with Crippen molar-refractivity contribution in [3.05, 3.63) is 0 Å². The van der Waals surface area contributed by atoms with E-state index >= 15 is 0 Å². The average Bonchev–Trinajstić information content (AvgIpc) is 2.94. The lowest BCUT2D eigenvalue weighted by molar-refractivity contribution is -0.150. The van der Waals surface area contributed by atoms with Crippen molar-refractivity contribution >= 4 is 12.0 Å². The van der Waals surface area contributed by atoms with Crippen molar-refractivity contribution in [1.29, 1.82) is 0 Å². The van der Waals surface area contributed by atoms with Crippen LogP contribution in [-0.4, -0.2) is 40.6 Å². The summed E-state index contributed by atoms with van der Waals surface area (Å²) in [6, 6.07) is -0.229. The van der Waals surface area contributed by atoms with Crippen LogP contribution in [0.2, 0.25) is 0 Å². The van der Waals surface area contributed by atoms with Crippen LogP contribution in [0.4, 0.5) is 4.79 Å². The summed E-state index contributed by atoms with van der Waals surface area (Å²) >= 11 is 0. The van der Waals surface area contributed by atoms with E-state index in [4.69, 9.17) is 0 Å². The summed E-state index contributed by atoms with van der Waals surface area (Å²) < 4.78 is 0. The minimum atomic E-state index is -1.05. The Morgan fingerprint density at radius 1 is 1.32 bits per heavy atom. The fourth-order valence-electron chi connectivity index (χ4n) is 2.90. The number of urea groups is 1. The Kier molecular flexibility index (Phi) is 3.49. The molecule has 2 amide bonds. The Morgan fingerprint density at radius 2 is 1.95 bits per heavy atom. The normalized spacial score (nSPS) is 32.8. The molecule has 0 aromatic heterocycles. The summed E-state index contributed by atoms with van der Waals surface area (Å²) in [5, 5.41) is 12.3. The minimum absolute atomic E-state index is 0.229. The molecule has 0 radical (unpaired) electrons. The Hall–Kier alpha value is -1.26. The van der Waals surface area contributed by atoms with Gasteiger partial charge in [-0.15, -0.1) is 0 Å². The molecule has 1 heterocycles. The second-order valence-electron chi connectivity index (χ2n) is 6.76. The molecule has 0 bridgehead atoms. The molecule has 5 nitrogen and oxygen atoms in total. The Labute approximate surface area is 114 Å². The zero-order chi connectivity index (χ0) is 14.3. The van der Waals surface area contributed by atoms with Crippen molar-refractivity contribution in [2.45, 2.75) is 52.0 Å². The summed E-state index contributed by atoms with van der Waals surface area (Å²) in [4.78, 5) is 25.1. The van der Waals surface area contributed by atoms with Gasteiger partial charge in [-0.05, 0) is 43.9 Å². The van der Waals surface area contributed by atoms with Gasteiger partial charge in [0.05, 0.1) is 0 Å². The minimum Gasteiger partial charge on any atom is -0.480 e. The van der Waals surface area contributed by atoms with E-state index in [1.165, 1.54) is 4.90 Å². The van der Waals surface area contributed by atoms with Gasteiger partial charge < -0.3 is 15.3 Å². The Balaban J connectivity index is 1.94. The van der Waals surface area contributed by atoms with Crippen LogP contribution < -0.4 is 5.32 Å². The van der Waals surface area contributed by atoms with E-state index in [1.54, 1.807) is 6.92 Å². The molecular weight excluding hydrogens is 244 g/mol. The van der Waals surface area contributed by atoms with Crippen molar-refractivity contribution in [3.63, 3.8) is 0 Å². The number of piperidine rings is 1. The number of amides is 2. The summed E-state index contributed by atoms with van der Waals surface area (Å²) in [5.41, 5.74) is -0.729. The van der Waals surface area contributed by atoms with Gasteiger partial charge in [-0.1, -0.05) is 13.8 Å². The van der Waals surface area contributed by atoms with Crippen LogP contribution in [0.15, 0.2) is 0 Å². The maximum Gasteiger partial charge on any atom is 0.329 e. The zero-order valence-electron chi connectivity index (χ0n) is 12.0.